The van der Waals surface area contributed by atoms with E-state index in [0.717, 1.165) is 17.0 Å². The molecule has 0 saturated carbocycles. The van der Waals surface area contributed by atoms with Crippen LogP contribution in [0.4, 0.5) is 0 Å². The molecule has 0 unspecified atom stereocenters. The van der Waals surface area contributed by atoms with Crippen molar-refractivity contribution < 1.29 is 9.53 Å². The van der Waals surface area contributed by atoms with E-state index >= 15 is 0 Å². The molecule has 0 bridgehead atoms. The first-order valence-corrected chi connectivity index (χ1v) is 10.3. The fraction of sp³-hybridized carbons (Fsp3) is 0.333. The standard InChI is InChI=1S/C21H25N5O2S/c1-14(2)17-7-9-18(10-8-17)26-21(23-24-25-26)29-15(3)20(27)22-13-16-5-11-19(28-4)12-6-16/h5-12,14-15H,13H2,1-4H3,(H,22,27)/t15-/m1/s1. The molecular weight excluding hydrogens is 386 g/mol. The minimum atomic E-state index is -0.340. The zero-order chi connectivity index (χ0) is 20.8. The van der Waals surface area contributed by atoms with E-state index in [-0.39, 0.29) is 11.2 Å². The summed E-state index contributed by atoms with van der Waals surface area (Å²) < 4.78 is 6.80. The average molecular weight is 412 g/mol. The molecule has 3 rings (SSSR count). The van der Waals surface area contributed by atoms with Crippen molar-refractivity contribution in [2.45, 2.75) is 43.6 Å². The Kier molecular flexibility index (Phi) is 6.87. The predicted octanol–water partition coefficient (Wildman–Crippen LogP) is 3.59. The average Bonchev–Trinajstić information content (AvgIpc) is 3.20. The number of methoxy groups -OCH3 is 1. The summed E-state index contributed by atoms with van der Waals surface area (Å²) in [5.74, 6) is 1.17. The number of aromatic nitrogens is 4. The third-order valence-electron chi connectivity index (χ3n) is 4.52. The van der Waals surface area contributed by atoms with Gasteiger partial charge in [0.15, 0.2) is 0 Å². The Bertz CT molecular complexity index is 938. The van der Waals surface area contributed by atoms with Crippen LogP contribution in [0.2, 0.25) is 0 Å². The quantitative estimate of drug-likeness (QED) is 0.571. The summed E-state index contributed by atoms with van der Waals surface area (Å²) in [4.78, 5) is 12.5. The molecule has 2 aromatic carbocycles. The summed E-state index contributed by atoms with van der Waals surface area (Å²) in [6, 6.07) is 15.7. The van der Waals surface area contributed by atoms with Gasteiger partial charge in [-0.15, -0.1) is 5.10 Å². The van der Waals surface area contributed by atoms with Crippen LogP contribution in [-0.4, -0.2) is 38.5 Å². The molecule has 0 fully saturated rings. The Morgan fingerprint density at radius 2 is 1.79 bits per heavy atom. The molecule has 0 aliphatic rings. The highest BCUT2D eigenvalue weighted by molar-refractivity contribution is 8.00. The first-order chi connectivity index (χ1) is 14.0. The van der Waals surface area contributed by atoms with Gasteiger partial charge in [-0.3, -0.25) is 4.79 Å². The summed E-state index contributed by atoms with van der Waals surface area (Å²) in [7, 11) is 1.63. The molecule has 0 aliphatic carbocycles. The molecule has 0 saturated heterocycles. The number of tetrazole rings is 1. The SMILES string of the molecule is COc1ccc(CNC(=O)[C@@H](C)Sc2nnnn2-c2ccc(C(C)C)cc2)cc1. The van der Waals surface area contributed by atoms with Crippen LogP contribution in [0.3, 0.4) is 0 Å². The van der Waals surface area contributed by atoms with E-state index in [1.54, 1.807) is 11.8 Å². The van der Waals surface area contributed by atoms with Gasteiger partial charge in [-0.2, -0.15) is 4.68 Å². The molecule has 152 valence electrons. The lowest BCUT2D eigenvalue weighted by atomic mass is 10.0. The van der Waals surface area contributed by atoms with Gasteiger partial charge in [0.2, 0.25) is 11.1 Å². The second kappa shape index (κ2) is 9.56. The maximum absolute atomic E-state index is 12.5. The van der Waals surface area contributed by atoms with Gasteiger partial charge in [0, 0.05) is 6.54 Å². The van der Waals surface area contributed by atoms with Crippen molar-refractivity contribution in [3.63, 3.8) is 0 Å². The molecular formula is C21H25N5O2S. The maximum atomic E-state index is 12.5. The molecule has 1 N–H and O–H groups in total. The number of amides is 1. The molecule has 8 heteroatoms. The van der Waals surface area contributed by atoms with E-state index < -0.39 is 0 Å². The van der Waals surface area contributed by atoms with E-state index in [9.17, 15) is 4.79 Å². The number of nitrogens with zero attached hydrogens (tertiary/aromatic N) is 4. The predicted molar refractivity (Wildman–Crippen MR) is 113 cm³/mol. The van der Waals surface area contributed by atoms with Crippen molar-refractivity contribution in [1.82, 2.24) is 25.5 Å². The number of rotatable bonds is 8. The lowest BCUT2D eigenvalue weighted by Crippen LogP contribution is -2.30. The summed E-state index contributed by atoms with van der Waals surface area (Å²) in [5.41, 5.74) is 3.13. The van der Waals surface area contributed by atoms with Crippen LogP contribution in [0.25, 0.3) is 5.69 Å². The van der Waals surface area contributed by atoms with Crippen LogP contribution in [0.1, 0.15) is 37.8 Å². The van der Waals surface area contributed by atoms with Crippen molar-refractivity contribution in [1.29, 1.82) is 0 Å². The minimum Gasteiger partial charge on any atom is -0.497 e. The summed E-state index contributed by atoms with van der Waals surface area (Å²) >= 11 is 1.33. The van der Waals surface area contributed by atoms with Crippen LogP contribution >= 0.6 is 11.8 Å². The number of ether oxygens (including phenoxy) is 1. The summed E-state index contributed by atoms with van der Waals surface area (Å²) in [6.07, 6.45) is 0. The van der Waals surface area contributed by atoms with E-state index in [4.69, 9.17) is 4.74 Å². The Morgan fingerprint density at radius 3 is 2.41 bits per heavy atom. The Balaban J connectivity index is 1.61. The van der Waals surface area contributed by atoms with Crippen LogP contribution in [-0.2, 0) is 11.3 Å². The van der Waals surface area contributed by atoms with Crippen molar-refractivity contribution in [2.24, 2.45) is 0 Å². The normalized spacial score (nSPS) is 12.0. The number of thioether (sulfide) groups is 1. The van der Waals surface area contributed by atoms with Gasteiger partial charge in [-0.25, -0.2) is 0 Å². The van der Waals surface area contributed by atoms with Crippen LogP contribution in [0, 0.1) is 0 Å². The highest BCUT2D eigenvalue weighted by atomic mass is 32.2. The number of benzene rings is 2. The zero-order valence-electron chi connectivity index (χ0n) is 17.0. The van der Waals surface area contributed by atoms with Crippen LogP contribution < -0.4 is 10.1 Å². The first kappa shape index (κ1) is 20.9. The topological polar surface area (TPSA) is 81.9 Å². The van der Waals surface area contributed by atoms with Crippen molar-refractivity contribution >= 4 is 17.7 Å². The largest absolute Gasteiger partial charge is 0.497 e. The molecule has 0 aliphatic heterocycles. The monoisotopic (exact) mass is 411 g/mol. The number of nitrogens with one attached hydrogen (secondary N) is 1. The zero-order valence-corrected chi connectivity index (χ0v) is 17.8. The second-order valence-corrected chi connectivity index (χ2v) is 8.25. The van der Waals surface area contributed by atoms with E-state index in [1.165, 1.54) is 17.3 Å². The van der Waals surface area contributed by atoms with Gasteiger partial charge >= 0.3 is 0 Å². The lowest BCUT2D eigenvalue weighted by molar-refractivity contribution is -0.120. The molecule has 1 aromatic heterocycles. The number of carbonyl (C=O) groups is 1. The fourth-order valence-corrected chi connectivity index (χ4v) is 3.53. The number of carbonyl (C=O) groups excluding carboxylic acids is 1. The van der Waals surface area contributed by atoms with Gasteiger partial charge in [0.25, 0.3) is 0 Å². The number of hydrogen-bond acceptors (Lipinski definition) is 6. The second-order valence-electron chi connectivity index (χ2n) is 6.95. The summed E-state index contributed by atoms with van der Waals surface area (Å²) in [5, 5.41) is 15.1. The van der Waals surface area contributed by atoms with Gasteiger partial charge in [0.05, 0.1) is 18.0 Å². The van der Waals surface area contributed by atoms with E-state index in [2.05, 4.69) is 46.8 Å². The van der Waals surface area contributed by atoms with Crippen molar-refractivity contribution in [3.05, 3.63) is 59.7 Å². The fourth-order valence-electron chi connectivity index (χ4n) is 2.70. The molecule has 3 aromatic rings. The van der Waals surface area contributed by atoms with Gasteiger partial charge < -0.3 is 10.1 Å². The molecule has 1 amide bonds. The van der Waals surface area contributed by atoms with Gasteiger partial charge in [-0.1, -0.05) is 49.9 Å². The van der Waals surface area contributed by atoms with Crippen LogP contribution in [0.15, 0.2) is 53.7 Å². The number of hydrogen-bond donors (Lipinski definition) is 1. The summed E-state index contributed by atoms with van der Waals surface area (Å²) in [6.45, 7) is 6.60. The molecule has 1 atom stereocenters. The highest BCUT2D eigenvalue weighted by Crippen LogP contribution is 2.24. The molecule has 1 heterocycles. The smallest absolute Gasteiger partial charge is 0.233 e. The first-order valence-electron chi connectivity index (χ1n) is 9.44. The Hall–Kier alpha value is -2.87. The molecule has 0 spiro atoms. The third kappa shape index (κ3) is 5.35. The molecule has 7 nitrogen and oxygen atoms in total. The minimum absolute atomic E-state index is 0.0736. The van der Waals surface area contributed by atoms with Crippen LogP contribution in [0.5, 0.6) is 5.75 Å². The van der Waals surface area contributed by atoms with Crippen molar-refractivity contribution in [2.75, 3.05) is 7.11 Å². The van der Waals surface area contributed by atoms with E-state index in [0.29, 0.717) is 17.6 Å². The third-order valence-corrected chi connectivity index (χ3v) is 5.56. The van der Waals surface area contributed by atoms with Crippen molar-refractivity contribution in [3.8, 4) is 11.4 Å². The maximum Gasteiger partial charge on any atom is 0.233 e. The highest BCUT2D eigenvalue weighted by Gasteiger charge is 2.19. The molecule has 0 radical (unpaired) electrons. The Morgan fingerprint density at radius 1 is 1.10 bits per heavy atom. The van der Waals surface area contributed by atoms with Gasteiger partial charge in [-0.05, 0) is 58.7 Å². The molecule has 29 heavy (non-hydrogen) atoms. The van der Waals surface area contributed by atoms with Gasteiger partial charge in [0.1, 0.15) is 5.75 Å². The lowest BCUT2D eigenvalue weighted by Gasteiger charge is -2.12. The van der Waals surface area contributed by atoms with E-state index in [1.807, 2.05) is 43.3 Å². The Labute approximate surface area is 174 Å².